The predicted octanol–water partition coefficient (Wildman–Crippen LogP) is -0.270. The van der Waals surface area contributed by atoms with Gasteiger partial charge in [0.15, 0.2) is 0 Å². The first kappa shape index (κ1) is 13.7. The second-order valence-corrected chi connectivity index (χ2v) is 3.52. The van der Waals surface area contributed by atoms with Crippen molar-refractivity contribution >= 4 is 0 Å². The van der Waals surface area contributed by atoms with Gasteiger partial charge in [-0.3, -0.25) is 14.4 Å². The van der Waals surface area contributed by atoms with Gasteiger partial charge in [-0.05, 0) is 0 Å². The average molecular weight is 249 g/mol. The summed E-state index contributed by atoms with van der Waals surface area (Å²) < 4.78 is 2.31. The average Bonchev–Trinajstić information content (AvgIpc) is 2.36. The minimum Gasteiger partial charge on any atom is -0.277 e. The summed E-state index contributed by atoms with van der Waals surface area (Å²) in [5.74, 6) is 0. The van der Waals surface area contributed by atoms with Gasteiger partial charge in [0, 0.05) is 0 Å². The standard InChI is InChI=1S/C12H15N3O3/c1-4-7-13-11(17)10(16)12(18)14(8-5-2)15(13)9-6-3/h4-6H,1-3,7-9H2. The normalized spacial score (nSPS) is 10.0. The summed E-state index contributed by atoms with van der Waals surface area (Å²) in [6, 6.07) is 0. The molecule has 1 rings (SSSR count). The highest BCUT2D eigenvalue weighted by Crippen LogP contribution is 1.87. The van der Waals surface area contributed by atoms with Crippen LogP contribution in [0.3, 0.4) is 0 Å². The molecule has 0 radical (unpaired) electrons. The van der Waals surface area contributed by atoms with E-state index >= 15 is 0 Å². The number of hydrogen-bond acceptors (Lipinski definition) is 3. The van der Waals surface area contributed by atoms with Crippen molar-refractivity contribution in [3.63, 3.8) is 0 Å². The molecule has 1 aromatic heterocycles. The Hall–Kier alpha value is -2.37. The fourth-order valence-corrected chi connectivity index (χ4v) is 1.58. The van der Waals surface area contributed by atoms with Gasteiger partial charge in [0.05, 0.1) is 19.6 Å². The van der Waals surface area contributed by atoms with E-state index in [-0.39, 0.29) is 19.6 Å². The van der Waals surface area contributed by atoms with Crippen molar-refractivity contribution in [2.45, 2.75) is 19.6 Å². The first-order chi connectivity index (χ1) is 8.58. The SMILES string of the molecule is C=CCn1c(=O)c(=O)c(=O)n(CC=C)n1CC=C. The van der Waals surface area contributed by atoms with Crippen molar-refractivity contribution in [3.8, 4) is 0 Å². The molecule has 0 atom stereocenters. The fourth-order valence-electron chi connectivity index (χ4n) is 1.58. The van der Waals surface area contributed by atoms with Crippen molar-refractivity contribution in [2.75, 3.05) is 0 Å². The highest BCUT2D eigenvalue weighted by molar-refractivity contribution is 4.88. The molecule has 0 bridgehead atoms. The van der Waals surface area contributed by atoms with Gasteiger partial charge in [-0.15, -0.1) is 19.7 Å². The third-order valence-corrected chi connectivity index (χ3v) is 2.31. The predicted molar refractivity (Wildman–Crippen MR) is 69.8 cm³/mol. The van der Waals surface area contributed by atoms with Crippen molar-refractivity contribution < 1.29 is 0 Å². The summed E-state index contributed by atoms with van der Waals surface area (Å²) in [6.07, 6.45) is 4.48. The summed E-state index contributed by atoms with van der Waals surface area (Å²) in [5, 5.41) is 0. The van der Waals surface area contributed by atoms with Crippen LogP contribution in [0.15, 0.2) is 52.3 Å². The first-order valence-electron chi connectivity index (χ1n) is 5.36. The fraction of sp³-hybridized carbons (Fsp3) is 0.250. The Morgan fingerprint density at radius 3 is 1.50 bits per heavy atom. The van der Waals surface area contributed by atoms with Crippen LogP contribution in [0.2, 0.25) is 0 Å². The zero-order chi connectivity index (χ0) is 13.7. The van der Waals surface area contributed by atoms with E-state index in [0.29, 0.717) is 0 Å². The van der Waals surface area contributed by atoms with Crippen LogP contribution in [0.1, 0.15) is 0 Å². The quantitative estimate of drug-likeness (QED) is 0.515. The van der Waals surface area contributed by atoms with Crippen LogP contribution in [0.4, 0.5) is 0 Å². The monoisotopic (exact) mass is 249 g/mol. The van der Waals surface area contributed by atoms with Crippen molar-refractivity contribution in [3.05, 3.63) is 68.9 Å². The molecule has 96 valence electrons. The van der Waals surface area contributed by atoms with Crippen molar-refractivity contribution in [2.24, 2.45) is 0 Å². The summed E-state index contributed by atoms with van der Waals surface area (Å²) >= 11 is 0. The van der Waals surface area contributed by atoms with Gasteiger partial charge < -0.3 is 0 Å². The van der Waals surface area contributed by atoms with E-state index < -0.39 is 16.5 Å². The maximum atomic E-state index is 11.7. The molecule has 18 heavy (non-hydrogen) atoms. The van der Waals surface area contributed by atoms with Gasteiger partial charge >= 0.3 is 16.5 Å². The minimum atomic E-state index is -1.06. The van der Waals surface area contributed by atoms with Crippen LogP contribution < -0.4 is 16.5 Å². The molecule has 0 unspecified atom stereocenters. The molecule has 0 spiro atoms. The zero-order valence-corrected chi connectivity index (χ0v) is 10.0. The molecule has 0 amide bonds. The molecule has 6 heteroatoms. The Morgan fingerprint density at radius 2 is 1.17 bits per heavy atom. The molecule has 0 N–H and O–H groups in total. The Bertz CT molecular complexity index is 598. The van der Waals surface area contributed by atoms with Crippen LogP contribution in [-0.4, -0.2) is 14.2 Å². The molecule has 1 heterocycles. The summed E-state index contributed by atoms with van der Waals surface area (Å²) in [5.41, 5.74) is -2.77. The number of nitrogens with zero attached hydrogens (tertiary/aromatic N) is 3. The molecular formula is C12H15N3O3. The Balaban J connectivity index is 3.78. The van der Waals surface area contributed by atoms with Gasteiger partial charge in [-0.2, -0.15) is 0 Å². The topological polar surface area (TPSA) is 66.0 Å². The van der Waals surface area contributed by atoms with Gasteiger partial charge in [0.2, 0.25) is 0 Å². The maximum Gasteiger partial charge on any atom is 0.320 e. The Labute approximate surface area is 103 Å². The van der Waals surface area contributed by atoms with E-state index in [4.69, 9.17) is 0 Å². The van der Waals surface area contributed by atoms with E-state index in [1.165, 1.54) is 23.0 Å². The molecule has 0 aromatic carbocycles. The lowest BCUT2D eigenvalue weighted by Crippen LogP contribution is -2.54. The lowest BCUT2D eigenvalue weighted by molar-refractivity contribution is 0.333. The molecule has 1 aromatic rings. The van der Waals surface area contributed by atoms with Gasteiger partial charge in [0.25, 0.3) is 0 Å². The minimum absolute atomic E-state index is 0.138. The van der Waals surface area contributed by atoms with E-state index in [0.717, 1.165) is 9.36 Å². The van der Waals surface area contributed by atoms with E-state index in [2.05, 4.69) is 19.7 Å². The first-order valence-corrected chi connectivity index (χ1v) is 5.36. The lowest BCUT2D eigenvalue weighted by Gasteiger charge is -2.18. The molecule has 0 saturated heterocycles. The van der Waals surface area contributed by atoms with Crippen LogP contribution in [0.5, 0.6) is 0 Å². The summed E-state index contributed by atoms with van der Waals surface area (Å²) in [6.45, 7) is 11.1. The highest BCUT2D eigenvalue weighted by atomic mass is 16.2. The second-order valence-electron chi connectivity index (χ2n) is 3.52. The van der Waals surface area contributed by atoms with Gasteiger partial charge in [-0.25, -0.2) is 14.2 Å². The smallest absolute Gasteiger partial charge is 0.277 e. The summed E-state index contributed by atoms with van der Waals surface area (Å²) in [7, 11) is 0. The van der Waals surface area contributed by atoms with Crippen LogP contribution >= 0.6 is 0 Å². The number of allylic oxidation sites excluding steroid dienone is 3. The molecule has 0 saturated carbocycles. The van der Waals surface area contributed by atoms with Crippen LogP contribution in [-0.2, 0) is 19.6 Å². The van der Waals surface area contributed by atoms with Gasteiger partial charge in [-0.1, -0.05) is 18.2 Å². The van der Waals surface area contributed by atoms with Crippen molar-refractivity contribution in [1.29, 1.82) is 0 Å². The van der Waals surface area contributed by atoms with E-state index in [1.807, 2.05) is 0 Å². The molecule has 0 aliphatic heterocycles. The molecule has 6 nitrogen and oxygen atoms in total. The molecular weight excluding hydrogens is 234 g/mol. The lowest BCUT2D eigenvalue weighted by atomic mass is 10.5. The largest absolute Gasteiger partial charge is 0.320 e. The molecule has 0 aliphatic rings. The second kappa shape index (κ2) is 5.81. The number of hydrogen-bond donors (Lipinski definition) is 0. The Morgan fingerprint density at radius 1 is 0.778 bits per heavy atom. The van der Waals surface area contributed by atoms with Crippen LogP contribution in [0.25, 0.3) is 0 Å². The highest BCUT2D eigenvalue weighted by Gasteiger charge is 2.12. The van der Waals surface area contributed by atoms with E-state index in [1.54, 1.807) is 0 Å². The van der Waals surface area contributed by atoms with Crippen LogP contribution in [0, 0.1) is 0 Å². The molecule has 0 aliphatic carbocycles. The van der Waals surface area contributed by atoms with Gasteiger partial charge in [0.1, 0.15) is 0 Å². The van der Waals surface area contributed by atoms with Crippen molar-refractivity contribution in [1.82, 2.24) is 14.2 Å². The zero-order valence-electron chi connectivity index (χ0n) is 10.0. The number of rotatable bonds is 6. The maximum absolute atomic E-state index is 11.7. The Kier molecular flexibility index (Phi) is 4.42. The summed E-state index contributed by atoms with van der Waals surface area (Å²) in [4.78, 5) is 36.4. The molecule has 0 fully saturated rings. The third kappa shape index (κ3) is 2.32. The third-order valence-electron chi connectivity index (χ3n) is 2.31. The number of aromatic nitrogens is 3. The van der Waals surface area contributed by atoms with E-state index in [9.17, 15) is 14.4 Å².